The quantitative estimate of drug-likeness (QED) is 0.0222. The van der Waals surface area contributed by atoms with E-state index in [1.54, 1.807) is 0 Å². The molecule has 2 unspecified atom stereocenters. The van der Waals surface area contributed by atoms with E-state index < -0.39 is 97.5 Å². The minimum Gasteiger partial charge on any atom is -0.462 e. The molecule has 0 heterocycles. The maximum absolute atomic E-state index is 13.1. The van der Waals surface area contributed by atoms with Crippen molar-refractivity contribution in [2.45, 2.75) is 458 Å². The number of carbonyl (C=O) groups excluding carboxylic acids is 4. The van der Waals surface area contributed by atoms with Crippen LogP contribution in [-0.4, -0.2) is 96.7 Å². The summed E-state index contributed by atoms with van der Waals surface area (Å²) in [5, 5.41) is 10.7. The second-order valence-corrected chi connectivity index (χ2v) is 33.7. The maximum atomic E-state index is 13.1. The Kier molecular flexibility index (Phi) is 73.1. The summed E-state index contributed by atoms with van der Waals surface area (Å²) in [5.74, 6) is -0.530. The highest BCUT2D eigenvalue weighted by Gasteiger charge is 2.30. The molecule has 19 heteroatoms. The average Bonchev–Trinajstić information content (AvgIpc) is 0.968. The number of unbranched alkanes of at least 4 members (excludes halogenated alkanes) is 52. The van der Waals surface area contributed by atoms with E-state index in [1.165, 1.54) is 257 Å². The lowest BCUT2D eigenvalue weighted by molar-refractivity contribution is -0.161. The van der Waals surface area contributed by atoms with Gasteiger partial charge in [-0.05, 0) is 37.5 Å². The number of esters is 4. The summed E-state index contributed by atoms with van der Waals surface area (Å²) in [6.07, 6.45) is 65.2. The number of aliphatic hydroxyl groups is 1. The third-order valence-corrected chi connectivity index (χ3v) is 21.4. The van der Waals surface area contributed by atoms with Crippen LogP contribution in [0.5, 0.6) is 0 Å². The number of phosphoric acid groups is 2. The summed E-state index contributed by atoms with van der Waals surface area (Å²) in [7, 11) is -9.92. The predicted octanol–water partition coefficient (Wildman–Crippen LogP) is 25.1. The number of hydrogen-bond donors (Lipinski definition) is 3. The largest absolute Gasteiger partial charge is 0.472 e. The first-order valence-electron chi connectivity index (χ1n) is 43.0. The summed E-state index contributed by atoms with van der Waals surface area (Å²) in [6, 6.07) is 0. The summed E-state index contributed by atoms with van der Waals surface area (Å²) in [4.78, 5) is 73.1. The van der Waals surface area contributed by atoms with Crippen molar-refractivity contribution in [3.05, 3.63) is 0 Å². The zero-order valence-electron chi connectivity index (χ0n) is 66.9. The molecule has 0 aliphatic rings. The molecule has 0 amide bonds. The summed E-state index contributed by atoms with van der Waals surface area (Å²) in [5.41, 5.74) is 0. The Hall–Kier alpha value is -1.94. The maximum Gasteiger partial charge on any atom is 0.472 e. The van der Waals surface area contributed by atoms with Crippen molar-refractivity contribution in [1.82, 2.24) is 0 Å². The molecule has 0 saturated heterocycles. The van der Waals surface area contributed by atoms with Crippen LogP contribution >= 0.6 is 15.6 Å². The molecule has 0 aromatic heterocycles. The molecule has 5 atom stereocenters. The Morgan fingerprint density at radius 1 is 0.265 bits per heavy atom. The van der Waals surface area contributed by atoms with E-state index in [4.69, 9.17) is 37.0 Å². The number of hydrogen-bond acceptors (Lipinski definition) is 15. The second kappa shape index (κ2) is 74.5. The van der Waals surface area contributed by atoms with Crippen LogP contribution in [0.3, 0.4) is 0 Å². The van der Waals surface area contributed by atoms with Crippen molar-refractivity contribution in [3.8, 4) is 0 Å². The van der Waals surface area contributed by atoms with Crippen LogP contribution < -0.4 is 0 Å². The van der Waals surface area contributed by atoms with Gasteiger partial charge in [-0.3, -0.25) is 37.3 Å². The third kappa shape index (κ3) is 76.3. The molecule has 0 bridgehead atoms. The second-order valence-electron chi connectivity index (χ2n) is 30.8. The Morgan fingerprint density at radius 3 is 0.667 bits per heavy atom. The smallest absolute Gasteiger partial charge is 0.462 e. The van der Waals surface area contributed by atoms with Gasteiger partial charge >= 0.3 is 39.5 Å². The SMILES string of the molecule is CCCCCCCCCCCCCCCCCCCCC(=O)OC[C@H](COP(=O)(O)OC[C@@H](O)COP(=O)(O)OC[C@@H](COC(=O)CCCCCCCCCCCCC)OC(=O)CCCCCCCCCCCCCC(C)C)OC(=O)CCCCCCCCCCCCCCCCCCC(C)C. The van der Waals surface area contributed by atoms with Crippen molar-refractivity contribution in [3.63, 3.8) is 0 Å². The van der Waals surface area contributed by atoms with Crippen molar-refractivity contribution < 1.29 is 80.2 Å². The lowest BCUT2D eigenvalue weighted by Crippen LogP contribution is -2.30. The topological polar surface area (TPSA) is 237 Å². The number of aliphatic hydroxyl groups excluding tert-OH is 1. The van der Waals surface area contributed by atoms with Crippen LogP contribution in [-0.2, 0) is 65.4 Å². The molecule has 0 aliphatic heterocycles. The van der Waals surface area contributed by atoms with Crippen LogP contribution in [0.15, 0.2) is 0 Å². The van der Waals surface area contributed by atoms with E-state index in [-0.39, 0.29) is 25.7 Å². The zero-order chi connectivity index (χ0) is 74.9. The van der Waals surface area contributed by atoms with Gasteiger partial charge in [0.25, 0.3) is 0 Å². The molecular weight excluding hydrogens is 1330 g/mol. The van der Waals surface area contributed by atoms with Crippen molar-refractivity contribution in [2.75, 3.05) is 39.6 Å². The highest BCUT2D eigenvalue weighted by molar-refractivity contribution is 7.47. The monoisotopic (exact) mass is 1490 g/mol. The van der Waals surface area contributed by atoms with Crippen LogP contribution in [0.25, 0.3) is 0 Å². The normalized spacial score (nSPS) is 13.9. The number of ether oxygens (including phenoxy) is 4. The predicted molar refractivity (Wildman–Crippen MR) is 418 cm³/mol. The van der Waals surface area contributed by atoms with Gasteiger partial charge in [-0.1, -0.05) is 388 Å². The minimum atomic E-state index is -4.96. The minimum absolute atomic E-state index is 0.107. The molecule has 0 radical (unpaired) electrons. The molecule has 0 saturated carbocycles. The van der Waals surface area contributed by atoms with Gasteiger partial charge in [-0.25, -0.2) is 9.13 Å². The van der Waals surface area contributed by atoms with Gasteiger partial charge in [0, 0.05) is 25.7 Å². The molecule has 0 fully saturated rings. The molecule has 606 valence electrons. The van der Waals surface area contributed by atoms with E-state index >= 15 is 0 Å². The van der Waals surface area contributed by atoms with Gasteiger partial charge in [0.1, 0.15) is 19.3 Å². The first kappa shape index (κ1) is 100. The summed E-state index contributed by atoms with van der Waals surface area (Å²) >= 11 is 0. The van der Waals surface area contributed by atoms with E-state index in [0.717, 1.165) is 102 Å². The molecular formula is C83H162O17P2. The van der Waals surface area contributed by atoms with Gasteiger partial charge in [0.2, 0.25) is 0 Å². The number of rotatable bonds is 82. The standard InChI is InChI=1S/C83H162O17P2/c1-7-9-11-13-15-17-19-20-21-22-23-27-30-36-42-48-54-60-66-81(86)94-72-79(99-82(87)67-61-55-49-43-37-31-28-25-24-26-29-34-39-45-51-57-63-75(3)4)74-98-102(91,92)96-70-77(84)69-95-101(89,90)97-73-78(71-93-80(85)65-59-53-47-41-33-18-16-14-12-10-8-2)100-83(88)68-62-56-50-44-38-32-35-40-46-52-58-64-76(5)6/h75-79,84H,7-74H2,1-6H3,(H,89,90)(H,91,92)/t77-,78+,79+/m0/s1. The number of carbonyl (C=O) groups is 4. The van der Waals surface area contributed by atoms with E-state index in [0.29, 0.717) is 25.7 Å². The Bertz CT molecular complexity index is 1960. The Labute approximate surface area is 626 Å². The fraction of sp³-hybridized carbons (Fsp3) is 0.952. The molecule has 102 heavy (non-hydrogen) atoms. The third-order valence-electron chi connectivity index (χ3n) is 19.5. The van der Waals surface area contributed by atoms with Crippen LogP contribution in [0.2, 0.25) is 0 Å². The first-order valence-corrected chi connectivity index (χ1v) is 46.0. The molecule has 3 N–H and O–H groups in total. The molecule has 0 aromatic carbocycles. The number of phosphoric ester groups is 2. The van der Waals surface area contributed by atoms with Crippen LogP contribution in [0.1, 0.15) is 440 Å². The molecule has 0 rings (SSSR count). The Morgan fingerprint density at radius 2 is 0.451 bits per heavy atom. The zero-order valence-corrected chi connectivity index (χ0v) is 68.7. The molecule has 0 spiro atoms. The van der Waals surface area contributed by atoms with Crippen molar-refractivity contribution >= 4 is 39.5 Å². The van der Waals surface area contributed by atoms with E-state index in [9.17, 15) is 43.2 Å². The Balaban J connectivity index is 5.24. The van der Waals surface area contributed by atoms with E-state index in [2.05, 4.69) is 41.5 Å². The van der Waals surface area contributed by atoms with Gasteiger partial charge in [0.15, 0.2) is 12.2 Å². The van der Waals surface area contributed by atoms with Crippen molar-refractivity contribution in [2.24, 2.45) is 11.8 Å². The van der Waals surface area contributed by atoms with Crippen LogP contribution in [0.4, 0.5) is 0 Å². The average molecular weight is 1490 g/mol. The van der Waals surface area contributed by atoms with Gasteiger partial charge < -0.3 is 33.8 Å². The highest BCUT2D eigenvalue weighted by Crippen LogP contribution is 2.45. The lowest BCUT2D eigenvalue weighted by atomic mass is 10.0. The summed E-state index contributed by atoms with van der Waals surface area (Å²) in [6.45, 7) is 9.68. The fourth-order valence-corrected chi connectivity index (χ4v) is 14.5. The molecule has 0 aromatic rings. The molecule has 0 aliphatic carbocycles. The first-order chi connectivity index (χ1) is 49.4. The lowest BCUT2D eigenvalue weighted by Gasteiger charge is -2.21. The summed E-state index contributed by atoms with van der Waals surface area (Å²) < 4.78 is 68.8. The van der Waals surface area contributed by atoms with Gasteiger partial charge in [-0.15, -0.1) is 0 Å². The van der Waals surface area contributed by atoms with Gasteiger partial charge in [0.05, 0.1) is 26.4 Å². The fourth-order valence-electron chi connectivity index (χ4n) is 12.9. The highest BCUT2D eigenvalue weighted by atomic mass is 31.2. The van der Waals surface area contributed by atoms with Crippen molar-refractivity contribution in [1.29, 1.82) is 0 Å². The van der Waals surface area contributed by atoms with Crippen LogP contribution in [0, 0.1) is 11.8 Å². The van der Waals surface area contributed by atoms with Gasteiger partial charge in [-0.2, -0.15) is 0 Å². The molecule has 17 nitrogen and oxygen atoms in total. The van der Waals surface area contributed by atoms with E-state index in [1.807, 2.05) is 0 Å².